The van der Waals surface area contributed by atoms with Gasteiger partial charge in [0, 0.05) is 18.3 Å². The summed E-state index contributed by atoms with van der Waals surface area (Å²) in [6, 6.07) is 4.14. The molecule has 122 valence electrons. The van der Waals surface area contributed by atoms with Crippen molar-refractivity contribution in [3.8, 4) is 0 Å². The smallest absolute Gasteiger partial charge is 0.416 e. The highest BCUT2D eigenvalue weighted by Gasteiger charge is 2.45. The minimum absolute atomic E-state index is 0.0579. The molecule has 1 fully saturated rings. The molecule has 1 saturated carbocycles. The van der Waals surface area contributed by atoms with Crippen molar-refractivity contribution in [2.75, 3.05) is 0 Å². The highest BCUT2D eigenvalue weighted by molar-refractivity contribution is 5.69. The molecule has 22 heavy (non-hydrogen) atoms. The molecule has 0 atom stereocenters. The molecule has 0 unspecified atom stereocenters. The van der Waals surface area contributed by atoms with Crippen LogP contribution in [0.1, 0.15) is 43.2 Å². The van der Waals surface area contributed by atoms with E-state index in [-0.39, 0.29) is 19.3 Å². The molecule has 0 bridgehead atoms. The first-order chi connectivity index (χ1) is 10.0. The van der Waals surface area contributed by atoms with Crippen molar-refractivity contribution in [3.05, 3.63) is 35.4 Å². The van der Waals surface area contributed by atoms with Crippen molar-refractivity contribution >= 4 is 5.97 Å². The Morgan fingerprint density at radius 3 is 1.95 bits per heavy atom. The monoisotopic (exact) mass is 322 g/mol. The Morgan fingerprint density at radius 1 is 1.05 bits per heavy atom. The fourth-order valence-corrected chi connectivity index (χ4v) is 2.96. The number of carboxylic acid groups (broad SMARTS) is 1. The summed E-state index contributed by atoms with van der Waals surface area (Å²) in [5.41, 5.74) is -1.50. The van der Waals surface area contributed by atoms with Crippen LogP contribution in [-0.4, -0.2) is 17.0 Å². The molecule has 0 spiro atoms. The van der Waals surface area contributed by atoms with Gasteiger partial charge >= 0.3 is 12.1 Å². The molecule has 0 heterocycles. The molecule has 1 aromatic rings. The first-order valence-electron chi connectivity index (χ1n) is 6.82. The average molecular weight is 322 g/mol. The van der Waals surface area contributed by atoms with Crippen molar-refractivity contribution in [2.24, 2.45) is 0 Å². The zero-order chi connectivity index (χ0) is 16.6. The summed E-state index contributed by atoms with van der Waals surface area (Å²) >= 11 is 0. The lowest BCUT2D eigenvalue weighted by atomic mass is 9.66. The molecule has 0 radical (unpaired) electrons. The van der Waals surface area contributed by atoms with Gasteiger partial charge in [-0.05, 0) is 30.5 Å². The van der Waals surface area contributed by atoms with E-state index in [4.69, 9.17) is 5.11 Å². The Labute approximate surface area is 123 Å². The van der Waals surface area contributed by atoms with Crippen LogP contribution >= 0.6 is 0 Å². The molecular weight excluding hydrogens is 307 g/mol. The largest absolute Gasteiger partial charge is 0.481 e. The fraction of sp³-hybridized carbons (Fsp3) is 0.533. The Bertz CT molecular complexity index is 538. The summed E-state index contributed by atoms with van der Waals surface area (Å²) < 4.78 is 64.4. The SMILES string of the molecule is O=C(O)CC1(c2ccc(C(F)(F)F)cc2)CCC(F)(F)CC1. The lowest BCUT2D eigenvalue weighted by Crippen LogP contribution is -2.38. The number of alkyl halides is 5. The minimum atomic E-state index is -4.49. The number of halogens is 5. The third-order valence-corrected chi connectivity index (χ3v) is 4.25. The van der Waals surface area contributed by atoms with Gasteiger partial charge in [0.1, 0.15) is 0 Å². The van der Waals surface area contributed by atoms with E-state index in [1.54, 1.807) is 0 Å². The Hall–Kier alpha value is -1.66. The van der Waals surface area contributed by atoms with E-state index in [2.05, 4.69) is 0 Å². The van der Waals surface area contributed by atoms with Gasteiger partial charge < -0.3 is 5.11 Å². The maximum Gasteiger partial charge on any atom is 0.416 e. The van der Waals surface area contributed by atoms with E-state index in [1.807, 2.05) is 0 Å². The summed E-state index contributed by atoms with van der Waals surface area (Å²) in [6.07, 6.45) is -5.88. The van der Waals surface area contributed by atoms with E-state index < -0.39 is 41.9 Å². The highest BCUT2D eigenvalue weighted by atomic mass is 19.4. The minimum Gasteiger partial charge on any atom is -0.481 e. The third-order valence-electron chi connectivity index (χ3n) is 4.25. The van der Waals surface area contributed by atoms with Crippen molar-refractivity contribution in [2.45, 2.75) is 49.6 Å². The molecule has 2 rings (SSSR count). The zero-order valence-corrected chi connectivity index (χ0v) is 11.6. The van der Waals surface area contributed by atoms with Gasteiger partial charge in [0.25, 0.3) is 0 Å². The molecule has 1 aliphatic rings. The molecular formula is C15H15F5O2. The van der Waals surface area contributed by atoms with Crippen molar-refractivity contribution in [1.82, 2.24) is 0 Å². The summed E-state index contributed by atoms with van der Waals surface area (Å²) in [7, 11) is 0. The van der Waals surface area contributed by atoms with E-state index in [9.17, 15) is 26.7 Å². The van der Waals surface area contributed by atoms with Gasteiger partial charge in [-0.3, -0.25) is 4.79 Å². The molecule has 0 saturated heterocycles. The summed E-state index contributed by atoms with van der Waals surface area (Å²) in [6.45, 7) is 0. The number of rotatable bonds is 3. The van der Waals surface area contributed by atoms with Crippen LogP contribution in [0.3, 0.4) is 0 Å². The van der Waals surface area contributed by atoms with E-state index in [0.29, 0.717) is 5.56 Å². The lowest BCUT2D eigenvalue weighted by molar-refractivity contribution is -0.140. The van der Waals surface area contributed by atoms with Crippen molar-refractivity contribution < 1.29 is 31.9 Å². The highest BCUT2D eigenvalue weighted by Crippen LogP contribution is 2.47. The van der Waals surface area contributed by atoms with Crippen LogP contribution in [0.25, 0.3) is 0 Å². The number of aliphatic carboxylic acids is 1. The lowest BCUT2D eigenvalue weighted by Gasteiger charge is -2.39. The molecule has 7 heteroatoms. The van der Waals surface area contributed by atoms with Gasteiger partial charge in [-0.25, -0.2) is 8.78 Å². The van der Waals surface area contributed by atoms with E-state index >= 15 is 0 Å². The molecule has 1 aromatic carbocycles. The quantitative estimate of drug-likeness (QED) is 0.824. The van der Waals surface area contributed by atoms with Gasteiger partial charge in [0.05, 0.1) is 12.0 Å². The zero-order valence-electron chi connectivity index (χ0n) is 11.6. The Morgan fingerprint density at radius 2 is 1.55 bits per heavy atom. The molecule has 0 aliphatic heterocycles. The van der Waals surface area contributed by atoms with Gasteiger partial charge in [-0.1, -0.05) is 12.1 Å². The predicted molar refractivity (Wildman–Crippen MR) is 68.8 cm³/mol. The van der Waals surface area contributed by atoms with Crippen LogP contribution in [-0.2, 0) is 16.4 Å². The van der Waals surface area contributed by atoms with Crippen LogP contribution in [0.5, 0.6) is 0 Å². The second kappa shape index (κ2) is 5.52. The van der Waals surface area contributed by atoms with Crippen molar-refractivity contribution in [1.29, 1.82) is 0 Å². The molecule has 1 N–H and O–H groups in total. The summed E-state index contributed by atoms with van der Waals surface area (Å²) in [5, 5.41) is 9.04. The van der Waals surface area contributed by atoms with Crippen LogP contribution in [0, 0.1) is 0 Å². The summed E-state index contributed by atoms with van der Waals surface area (Å²) in [4.78, 5) is 11.1. The first-order valence-corrected chi connectivity index (χ1v) is 6.82. The second-order valence-corrected chi connectivity index (χ2v) is 5.78. The van der Waals surface area contributed by atoms with Crippen molar-refractivity contribution in [3.63, 3.8) is 0 Å². The van der Waals surface area contributed by atoms with Crippen LogP contribution in [0.2, 0.25) is 0 Å². The second-order valence-electron chi connectivity index (χ2n) is 5.78. The van der Waals surface area contributed by atoms with Gasteiger partial charge in [0.2, 0.25) is 5.92 Å². The standard InChI is InChI=1S/C15H15F5O2/c16-14(17)7-5-13(6-8-14,9-12(21)22)10-1-3-11(4-2-10)15(18,19)20/h1-4H,5-9H2,(H,21,22). The van der Waals surface area contributed by atoms with E-state index in [0.717, 1.165) is 12.1 Å². The maximum atomic E-state index is 13.3. The van der Waals surface area contributed by atoms with Crippen LogP contribution in [0.15, 0.2) is 24.3 Å². The molecule has 2 nitrogen and oxygen atoms in total. The van der Waals surface area contributed by atoms with E-state index in [1.165, 1.54) is 12.1 Å². The normalized spacial score (nSPS) is 20.6. The van der Waals surface area contributed by atoms with Crippen LogP contribution in [0.4, 0.5) is 22.0 Å². The number of carboxylic acids is 1. The Kier molecular flexibility index (Phi) is 4.19. The predicted octanol–water partition coefficient (Wildman–Crippen LogP) is 4.63. The summed E-state index contributed by atoms with van der Waals surface area (Å²) in [5.74, 6) is -3.99. The van der Waals surface area contributed by atoms with Gasteiger partial charge in [-0.2, -0.15) is 13.2 Å². The topological polar surface area (TPSA) is 37.3 Å². The molecule has 0 amide bonds. The Balaban J connectivity index is 2.32. The fourth-order valence-electron chi connectivity index (χ4n) is 2.96. The molecule has 0 aromatic heterocycles. The number of carbonyl (C=O) groups is 1. The van der Waals surface area contributed by atoms with Gasteiger partial charge in [0.15, 0.2) is 0 Å². The maximum absolute atomic E-state index is 13.3. The number of benzene rings is 1. The third kappa shape index (κ3) is 3.56. The average Bonchev–Trinajstić information content (AvgIpc) is 2.40. The molecule has 1 aliphatic carbocycles. The number of hydrogen-bond donors (Lipinski definition) is 1. The van der Waals surface area contributed by atoms with Gasteiger partial charge in [-0.15, -0.1) is 0 Å². The van der Waals surface area contributed by atoms with Crippen LogP contribution < -0.4 is 0 Å². The number of hydrogen-bond acceptors (Lipinski definition) is 1. The first kappa shape index (κ1) is 16.7.